The standard InChI is InChI=1S/C23H44O4/c1-3-4-5-6-7-8-9-10-11-12-13-14-15-16-17-18-25-19-23(2)20-26-22(24)27-21-23/h3-21H2,1-2H3. The van der Waals surface area contributed by atoms with Gasteiger partial charge in [-0.2, -0.15) is 0 Å². The van der Waals surface area contributed by atoms with Gasteiger partial charge in [-0.1, -0.05) is 104 Å². The predicted octanol–water partition coefficient (Wildman–Crippen LogP) is 7.05. The summed E-state index contributed by atoms with van der Waals surface area (Å²) in [7, 11) is 0. The Bertz CT molecular complexity index is 346. The molecule has 1 rings (SSSR count). The molecule has 0 aromatic heterocycles. The summed E-state index contributed by atoms with van der Waals surface area (Å²) in [6, 6.07) is 0. The van der Waals surface area contributed by atoms with Gasteiger partial charge in [-0.3, -0.25) is 0 Å². The number of hydrogen-bond donors (Lipinski definition) is 0. The molecule has 0 aliphatic carbocycles. The van der Waals surface area contributed by atoms with E-state index in [1.54, 1.807) is 0 Å². The smallest absolute Gasteiger partial charge is 0.433 e. The van der Waals surface area contributed by atoms with Gasteiger partial charge in [0.2, 0.25) is 0 Å². The maximum atomic E-state index is 10.9. The Hall–Kier alpha value is -0.770. The Morgan fingerprint density at radius 1 is 0.741 bits per heavy atom. The SMILES string of the molecule is CCCCCCCCCCCCCCCCCOCC1(C)COC(=O)OC1. The van der Waals surface area contributed by atoms with Crippen molar-refractivity contribution in [3.63, 3.8) is 0 Å². The zero-order valence-electron chi connectivity index (χ0n) is 18.1. The van der Waals surface area contributed by atoms with E-state index >= 15 is 0 Å². The highest BCUT2D eigenvalue weighted by molar-refractivity contribution is 5.60. The van der Waals surface area contributed by atoms with E-state index in [-0.39, 0.29) is 5.41 Å². The fraction of sp³-hybridized carbons (Fsp3) is 0.957. The summed E-state index contributed by atoms with van der Waals surface area (Å²) < 4.78 is 15.6. The van der Waals surface area contributed by atoms with Crippen LogP contribution in [0.5, 0.6) is 0 Å². The van der Waals surface area contributed by atoms with E-state index in [2.05, 4.69) is 6.92 Å². The summed E-state index contributed by atoms with van der Waals surface area (Å²) in [5, 5.41) is 0. The second-order valence-electron chi connectivity index (χ2n) is 8.64. The zero-order valence-corrected chi connectivity index (χ0v) is 18.1. The van der Waals surface area contributed by atoms with Crippen molar-refractivity contribution in [2.45, 2.75) is 110 Å². The number of ether oxygens (including phenoxy) is 3. The maximum Gasteiger partial charge on any atom is 0.508 e. The molecule has 0 bridgehead atoms. The molecule has 1 saturated heterocycles. The molecule has 27 heavy (non-hydrogen) atoms. The van der Waals surface area contributed by atoms with Gasteiger partial charge < -0.3 is 14.2 Å². The minimum absolute atomic E-state index is 0.191. The molecule has 4 nitrogen and oxygen atoms in total. The van der Waals surface area contributed by atoms with Gasteiger partial charge >= 0.3 is 6.16 Å². The molecule has 0 spiro atoms. The third-order valence-corrected chi connectivity index (χ3v) is 5.42. The molecule has 1 heterocycles. The summed E-state index contributed by atoms with van der Waals surface area (Å²) in [6.07, 6.45) is 20.1. The van der Waals surface area contributed by atoms with Gasteiger partial charge in [0.15, 0.2) is 0 Å². The van der Waals surface area contributed by atoms with E-state index < -0.39 is 6.16 Å². The van der Waals surface area contributed by atoms with Gasteiger partial charge in [-0.05, 0) is 6.42 Å². The van der Waals surface area contributed by atoms with Gasteiger partial charge in [0.1, 0.15) is 13.2 Å². The molecule has 0 radical (unpaired) electrons. The van der Waals surface area contributed by atoms with E-state index in [1.807, 2.05) is 6.92 Å². The van der Waals surface area contributed by atoms with E-state index in [0.717, 1.165) is 13.0 Å². The molecule has 0 amide bonds. The second-order valence-corrected chi connectivity index (χ2v) is 8.64. The van der Waals surface area contributed by atoms with E-state index in [0.29, 0.717) is 19.8 Å². The van der Waals surface area contributed by atoms with Crippen LogP contribution in [0.4, 0.5) is 4.79 Å². The van der Waals surface area contributed by atoms with E-state index in [4.69, 9.17) is 14.2 Å². The van der Waals surface area contributed by atoms with Crippen LogP contribution in [0.25, 0.3) is 0 Å². The quantitative estimate of drug-likeness (QED) is 0.188. The van der Waals surface area contributed by atoms with Crippen LogP contribution in [0.15, 0.2) is 0 Å². The number of unbranched alkanes of at least 4 members (excludes halogenated alkanes) is 14. The summed E-state index contributed by atoms with van der Waals surface area (Å²) in [5.41, 5.74) is -0.191. The first-order chi connectivity index (χ1) is 13.2. The average Bonchev–Trinajstić information content (AvgIpc) is 2.67. The van der Waals surface area contributed by atoms with Crippen LogP contribution in [-0.2, 0) is 14.2 Å². The van der Waals surface area contributed by atoms with Gasteiger partial charge in [0.05, 0.1) is 12.0 Å². The Morgan fingerprint density at radius 2 is 1.15 bits per heavy atom. The molecule has 1 aliphatic rings. The lowest BCUT2D eigenvalue weighted by Gasteiger charge is -2.31. The van der Waals surface area contributed by atoms with Crippen molar-refractivity contribution < 1.29 is 19.0 Å². The number of carbonyl (C=O) groups is 1. The first kappa shape index (κ1) is 24.3. The molecule has 160 valence electrons. The Labute approximate surface area is 167 Å². The molecule has 0 unspecified atom stereocenters. The van der Waals surface area contributed by atoms with Gasteiger partial charge in [-0.25, -0.2) is 4.79 Å². The molecule has 1 aliphatic heterocycles. The minimum Gasteiger partial charge on any atom is -0.433 e. The van der Waals surface area contributed by atoms with Crippen molar-refractivity contribution in [2.24, 2.45) is 5.41 Å². The second kappa shape index (κ2) is 16.2. The van der Waals surface area contributed by atoms with Crippen molar-refractivity contribution in [1.29, 1.82) is 0 Å². The molecular weight excluding hydrogens is 340 g/mol. The molecule has 0 aromatic carbocycles. The Morgan fingerprint density at radius 3 is 1.59 bits per heavy atom. The fourth-order valence-electron chi connectivity index (χ4n) is 3.53. The molecule has 4 heteroatoms. The van der Waals surface area contributed by atoms with E-state index in [1.165, 1.54) is 89.9 Å². The number of hydrogen-bond acceptors (Lipinski definition) is 4. The number of cyclic esters (lactones) is 2. The topological polar surface area (TPSA) is 44.8 Å². The lowest BCUT2D eigenvalue weighted by atomic mass is 9.94. The third-order valence-electron chi connectivity index (χ3n) is 5.42. The highest BCUT2D eigenvalue weighted by Gasteiger charge is 2.33. The number of carbonyl (C=O) groups excluding carboxylic acids is 1. The monoisotopic (exact) mass is 384 g/mol. The normalized spacial score (nSPS) is 16.1. The Kier molecular flexibility index (Phi) is 14.6. The number of rotatable bonds is 18. The maximum absolute atomic E-state index is 10.9. The van der Waals surface area contributed by atoms with Gasteiger partial charge in [-0.15, -0.1) is 0 Å². The molecular formula is C23H44O4. The van der Waals surface area contributed by atoms with Crippen LogP contribution in [-0.4, -0.2) is 32.6 Å². The fourth-order valence-corrected chi connectivity index (χ4v) is 3.53. The largest absolute Gasteiger partial charge is 0.508 e. The van der Waals surface area contributed by atoms with Crippen LogP contribution in [0.1, 0.15) is 110 Å². The molecule has 0 saturated carbocycles. The summed E-state index contributed by atoms with van der Waals surface area (Å²) in [4.78, 5) is 10.9. The molecule has 0 atom stereocenters. The predicted molar refractivity (Wildman–Crippen MR) is 111 cm³/mol. The van der Waals surface area contributed by atoms with Gasteiger partial charge in [0.25, 0.3) is 0 Å². The highest BCUT2D eigenvalue weighted by atomic mass is 16.7. The van der Waals surface area contributed by atoms with Crippen molar-refractivity contribution in [3.05, 3.63) is 0 Å². The van der Waals surface area contributed by atoms with Crippen LogP contribution >= 0.6 is 0 Å². The summed E-state index contributed by atoms with van der Waals surface area (Å²) in [5.74, 6) is 0. The Balaban J connectivity index is 1.74. The van der Waals surface area contributed by atoms with Crippen molar-refractivity contribution in [3.8, 4) is 0 Å². The molecule has 0 aromatic rings. The van der Waals surface area contributed by atoms with Gasteiger partial charge in [0, 0.05) is 6.61 Å². The first-order valence-electron chi connectivity index (χ1n) is 11.5. The van der Waals surface area contributed by atoms with Crippen LogP contribution in [0, 0.1) is 5.41 Å². The summed E-state index contributed by atoms with van der Waals surface area (Å²) >= 11 is 0. The lowest BCUT2D eigenvalue weighted by Crippen LogP contribution is -2.40. The van der Waals surface area contributed by atoms with Crippen LogP contribution in [0.2, 0.25) is 0 Å². The van der Waals surface area contributed by atoms with Crippen molar-refractivity contribution >= 4 is 6.16 Å². The molecule has 1 fully saturated rings. The first-order valence-corrected chi connectivity index (χ1v) is 11.5. The van der Waals surface area contributed by atoms with Crippen molar-refractivity contribution in [2.75, 3.05) is 26.4 Å². The minimum atomic E-state index is -0.560. The zero-order chi connectivity index (χ0) is 19.6. The average molecular weight is 385 g/mol. The van der Waals surface area contributed by atoms with E-state index in [9.17, 15) is 4.79 Å². The van der Waals surface area contributed by atoms with Crippen LogP contribution < -0.4 is 0 Å². The van der Waals surface area contributed by atoms with Crippen LogP contribution in [0.3, 0.4) is 0 Å². The van der Waals surface area contributed by atoms with Crippen molar-refractivity contribution in [1.82, 2.24) is 0 Å². The molecule has 0 N–H and O–H groups in total. The lowest BCUT2D eigenvalue weighted by molar-refractivity contribution is -0.0852. The summed E-state index contributed by atoms with van der Waals surface area (Å²) in [6.45, 7) is 6.49. The third kappa shape index (κ3) is 14.0. The highest BCUT2D eigenvalue weighted by Crippen LogP contribution is 2.22.